The van der Waals surface area contributed by atoms with Gasteiger partial charge in [0.25, 0.3) is 0 Å². The maximum absolute atomic E-state index is 11.8. The van der Waals surface area contributed by atoms with Gasteiger partial charge in [-0.3, -0.25) is 9.59 Å². The van der Waals surface area contributed by atoms with E-state index in [4.69, 9.17) is 24.1 Å². The molecular weight excluding hydrogens is 420 g/mol. The topological polar surface area (TPSA) is 132 Å². The predicted octanol–water partition coefficient (Wildman–Crippen LogP) is 1.64. The summed E-state index contributed by atoms with van der Waals surface area (Å²) in [6, 6.07) is 0. The van der Waals surface area contributed by atoms with Crippen molar-refractivity contribution >= 4 is 11.9 Å². The lowest BCUT2D eigenvalue weighted by Crippen LogP contribution is -2.60. The van der Waals surface area contributed by atoms with Gasteiger partial charge in [0, 0.05) is 13.3 Å². The molecule has 0 aromatic carbocycles. The van der Waals surface area contributed by atoms with Crippen LogP contribution in [0.4, 0.5) is 0 Å². The van der Waals surface area contributed by atoms with Crippen LogP contribution in [0.15, 0.2) is 23.8 Å². The van der Waals surface area contributed by atoms with Crippen LogP contribution < -0.4 is 0 Å². The third kappa shape index (κ3) is 10.2. The molecule has 0 bridgehead atoms. The van der Waals surface area contributed by atoms with Gasteiger partial charge in [-0.25, -0.2) is 0 Å². The van der Waals surface area contributed by atoms with E-state index in [2.05, 4.69) is 6.58 Å². The molecule has 0 aromatic heterocycles. The van der Waals surface area contributed by atoms with Crippen LogP contribution in [0.1, 0.15) is 53.4 Å². The van der Waals surface area contributed by atoms with Crippen LogP contribution in [0.5, 0.6) is 0 Å². The molecule has 32 heavy (non-hydrogen) atoms. The molecule has 0 amide bonds. The first-order valence-corrected chi connectivity index (χ1v) is 10.9. The van der Waals surface area contributed by atoms with Crippen molar-refractivity contribution in [2.24, 2.45) is 5.92 Å². The second kappa shape index (κ2) is 14.4. The van der Waals surface area contributed by atoms with Crippen molar-refractivity contribution in [3.63, 3.8) is 0 Å². The van der Waals surface area contributed by atoms with Crippen molar-refractivity contribution in [2.75, 3.05) is 19.8 Å². The maximum Gasteiger partial charge on any atom is 0.306 e. The summed E-state index contributed by atoms with van der Waals surface area (Å²) in [4.78, 5) is 23.3. The average molecular weight is 459 g/mol. The number of carbonyl (C=O) groups excluding carboxylic acids is 2. The fraction of sp³-hybridized carbons (Fsp3) is 0.739. The SMILES string of the molecule is C=C(CC/C=C(/C)CO)CCO[C@@H]1O[C@H](COC(=O)CC(C)C)[C@@H](O)[C@H](OC(C)=O)[C@H]1O. The molecule has 0 aliphatic carbocycles. The summed E-state index contributed by atoms with van der Waals surface area (Å²) >= 11 is 0. The van der Waals surface area contributed by atoms with Gasteiger partial charge in [-0.15, -0.1) is 0 Å². The van der Waals surface area contributed by atoms with E-state index in [1.165, 1.54) is 6.92 Å². The number of aliphatic hydroxyl groups is 3. The number of rotatable bonds is 13. The van der Waals surface area contributed by atoms with E-state index >= 15 is 0 Å². The Balaban J connectivity index is 2.65. The second-order valence-corrected chi connectivity index (χ2v) is 8.50. The van der Waals surface area contributed by atoms with Gasteiger partial charge in [-0.05, 0) is 32.1 Å². The minimum absolute atomic E-state index is 0.0236. The number of ether oxygens (including phenoxy) is 4. The van der Waals surface area contributed by atoms with Crippen LogP contribution in [0.2, 0.25) is 0 Å². The van der Waals surface area contributed by atoms with Crippen LogP contribution in [0, 0.1) is 5.92 Å². The monoisotopic (exact) mass is 458 g/mol. The number of allylic oxidation sites excluding steroid dienone is 1. The highest BCUT2D eigenvalue weighted by Crippen LogP contribution is 2.26. The van der Waals surface area contributed by atoms with E-state index in [1.807, 2.05) is 26.8 Å². The summed E-state index contributed by atoms with van der Waals surface area (Å²) in [6.07, 6.45) is -2.17. The molecule has 0 saturated carbocycles. The molecule has 9 heteroatoms. The van der Waals surface area contributed by atoms with Crippen LogP contribution in [0.3, 0.4) is 0 Å². The minimum Gasteiger partial charge on any atom is -0.463 e. The van der Waals surface area contributed by atoms with Crippen LogP contribution in [-0.2, 0) is 28.5 Å². The minimum atomic E-state index is -1.42. The molecule has 3 N–H and O–H groups in total. The third-order valence-electron chi connectivity index (χ3n) is 4.91. The van der Waals surface area contributed by atoms with Gasteiger partial charge >= 0.3 is 11.9 Å². The highest BCUT2D eigenvalue weighted by Gasteiger charge is 2.47. The largest absolute Gasteiger partial charge is 0.463 e. The molecule has 0 radical (unpaired) electrons. The van der Waals surface area contributed by atoms with Crippen LogP contribution in [0.25, 0.3) is 0 Å². The second-order valence-electron chi connectivity index (χ2n) is 8.50. The Morgan fingerprint density at radius 2 is 1.84 bits per heavy atom. The Labute approximate surface area is 190 Å². The van der Waals surface area contributed by atoms with Gasteiger partial charge in [-0.1, -0.05) is 37.6 Å². The molecule has 1 fully saturated rings. The van der Waals surface area contributed by atoms with Gasteiger partial charge in [-0.2, -0.15) is 0 Å². The average Bonchev–Trinajstić information content (AvgIpc) is 2.71. The van der Waals surface area contributed by atoms with E-state index in [0.29, 0.717) is 6.42 Å². The standard InChI is InChI=1S/C23H38O9/c1-14(2)11-19(26)30-13-18-20(27)22(31-17(5)25)21(28)23(32-18)29-10-9-15(3)7-6-8-16(4)12-24/h8,14,18,20-24,27-28H,3,6-7,9-13H2,1-2,4-5H3/b16-8-/t18-,20-,21-,22+,23-/m1/s1. The smallest absolute Gasteiger partial charge is 0.306 e. The van der Waals surface area contributed by atoms with Gasteiger partial charge in [0.1, 0.15) is 24.9 Å². The zero-order chi connectivity index (χ0) is 24.3. The fourth-order valence-electron chi connectivity index (χ4n) is 3.11. The molecule has 184 valence electrons. The van der Waals surface area contributed by atoms with Gasteiger partial charge in [0.05, 0.1) is 13.2 Å². The third-order valence-corrected chi connectivity index (χ3v) is 4.91. The fourth-order valence-corrected chi connectivity index (χ4v) is 3.11. The molecule has 0 aromatic rings. The first-order valence-electron chi connectivity index (χ1n) is 10.9. The van der Waals surface area contributed by atoms with E-state index < -0.39 is 42.6 Å². The van der Waals surface area contributed by atoms with Crippen LogP contribution in [-0.4, -0.2) is 77.8 Å². The molecular formula is C23H38O9. The molecule has 1 heterocycles. The van der Waals surface area contributed by atoms with Gasteiger partial charge < -0.3 is 34.3 Å². The molecule has 1 aliphatic heterocycles. The van der Waals surface area contributed by atoms with Crippen molar-refractivity contribution in [1.82, 2.24) is 0 Å². The lowest BCUT2D eigenvalue weighted by atomic mass is 9.99. The van der Waals surface area contributed by atoms with E-state index in [0.717, 1.165) is 24.0 Å². The van der Waals surface area contributed by atoms with Crippen molar-refractivity contribution < 1.29 is 43.9 Å². The van der Waals surface area contributed by atoms with Gasteiger partial charge in [0.15, 0.2) is 12.4 Å². The van der Waals surface area contributed by atoms with Crippen molar-refractivity contribution in [2.45, 2.75) is 84.1 Å². The van der Waals surface area contributed by atoms with E-state index in [1.54, 1.807) is 0 Å². The Morgan fingerprint density at radius 1 is 1.16 bits per heavy atom. The summed E-state index contributed by atoms with van der Waals surface area (Å²) in [6.45, 7) is 10.7. The summed E-state index contributed by atoms with van der Waals surface area (Å²) in [5.74, 6) is -1.00. The summed E-state index contributed by atoms with van der Waals surface area (Å²) in [7, 11) is 0. The van der Waals surface area contributed by atoms with E-state index in [9.17, 15) is 19.8 Å². The summed E-state index contributed by atoms with van der Waals surface area (Å²) in [5, 5.41) is 30.0. The first kappa shape index (κ1) is 28.3. The number of carbonyl (C=O) groups is 2. The summed E-state index contributed by atoms with van der Waals surface area (Å²) < 4.78 is 21.5. The highest BCUT2D eigenvalue weighted by molar-refractivity contribution is 5.69. The van der Waals surface area contributed by atoms with Gasteiger partial charge in [0.2, 0.25) is 0 Å². The molecule has 1 saturated heterocycles. The highest BCUT2D eigenvalue weighted by atomic mass is 16.7. The molecule has 0 spiro atoms. The predicted molar refractivity (Wildman–Crippen MR) is 116 cm³/mol. The number of hydrogen-bond donors (Lipinski definition) is 3. The molecule has 1 rings (SSSR count). The first-order chi connectivity index (χ1) is 15.0. The zero-order valence-corrected chi connectivity index (χ0v) is 19.5. The Hall–Kier alpha value is -1.78. The molecule has 9 nitrogen and oxygen atoms in total. The summed E-state index contributed by atoms with van der Waals surface area (Å²) in [5.41, 5.74) is 1.82. The Bertz CT molecular complexity index is 643. The Morgan fingerprint density at radius 3 is 2.44 bits per heavy atom. The number of esters is 2. The molecule has 0 unspecified atom stereocenters. The number of hydrogen-bond acceptors (Lipinski definition) is 9. The van der Waals surface area contributed by atoms with E-state index in [-0.39, 0.29) is 32.2 Å². The number of aliphatic hydroxyl groups excluding tert-OH is 3. The zero-order valence-electron chi connectivity index (χ0n) is 19.5. The van der Waals surface area contributed by atoms with Crippen molar-refractivity contribution in [1.29, 1.82) is 0 Å². The normalized spacial score (nSPS) is 26.1. The lowest BCUT2D eigenvalue weighted by molar-refractivity contribution is -0.303. The Kier molecular flexibility index (Phi) is 12.7. The maximum atomic E-state index is 11.8. The van der Waals surface area contributed by atoms with Crippen molar-refractivity contribution in [3.05, 3.63) is 23.8 Å². The molecule has 1 aliphatic rings. The van der Waals surface area contributed by atoms with Crippen molar-refractivity contribution in [3.8, 4) is 0 Å². The molecule has 5 atom stereocenters. The quantitative estimate of drug-likeness (QED) is 0.278. The lowest BCUT2D eigenvalue weighted by Gasteiger charge is -2.41. The van der Waals surface area contributed by atoms with Crippen LogP contribution >= 0.6 is 0 Å².